The zero-order valence-corrected chi connectivity index (χ0v) is 11.8. The first-order valence-electron chi connectivity index (χ1n) is 5.90. The van der Waals surface area contributed by atoms with Crippen molar-refractivity contribution in [2.45, 2.75) is 39.7 Å². The Hall–Kier alpha value is -1.11. The van der Waals surface area contributed by atoms with Crippen LogP contribution in [0.4, 0.5) is 0 Å². The minimum atomic E-state index is -3.47. The second-order valence-electron chi connectivity index (χ2n) is 4.70. The second-order valence-corrected chi connectivity index (χ2v) is 6.80. The standard InChI is InChI=1S/C11H21NO5S/c1-4-5-9(11(14)15)12-10(13)7-18(16,17)6-8(2)3/h8-9H,4-7H2,1-3H3,(H,12,13)(H,14,15). The van der Waals surface area contributed by atoms with Crippen LogP contribution in [-0.2, 0) is 19.4 Å². The van der Waals surface area contributed by atoms with Crippen LogP contribution < -0.4 is 5.32 Å². The first-order chi connectivity index (χ1) is 8.18. The van der Waals surface area contributed by atoms with Crippen LogP contribution in [0.15, 0.2) is 0 Å². The van der Waals surface area contributed by atoms with Crippen LogP contribution in [-0.4, -0.2) is 42.9 Å². The van der Waals surface area contributed by atoms with E-state index < -0.39 is 33.5 Å². The fourth-order valence-corrected chi connectivity index (χ4v) is 3.16. The normalized spacial score (nSPS) is 13.3. The van der Waals surface area contributed by atoms with Crippen LogP contribution in [0.3, 0.4) is 0 Å². The molecule has 18 heavy (non-hydrogen) atoms. The number of carbonyl (C=O) groups excluding carboxylic acids is 1. The quantitative estimate of drug-likeness (QED) is 0.671. The zero-order chi connectivity index (χ0) is 14.3. The van der Waals surface area contributed by atoms with Gasteiger partial charge in [0, 0.05) is 0 Å². The maximum atomic E-state index is 11.6. The van der Waals surface area contributed by atoms with Gasteiger partial charge in [-0.25, -0.2) is 13.2 Å². The molecule has 0 radical (unpaired) electrons. The van der Waals surface area contributed by atoms with Crippen molar-refractivity contribution >= 4 is 21.7 Å². The third-order valence-electron chi connectivity index (χ3n) is 2.15. The summed E-state index contributed by atoms with van der Waals surface area (Å²) in [7, 11) is -3.47. The monoisotopic (exact) mass is 279 g/mol. The van der Waals surface area contributed by atoms with Crippen molar-refractivity contribution in [2.24, 2.45) is 5.92 Å². The van der Waals surface area contributed by atoms with Crippen LogP contribution in [0.5, 0.6) is 0 Å². The molecule has 7 heteroatoms. The molecule has 0 spiro atoms. The number of carboxylic acid groups (broad SMARTS) is 1. The number of hydrogen-bond donors (Lipinski definition) is 2. The van der Waals surface area contributed by atoms with E-state index in [0.29, 0.717) is 6.42 Å². The van der Waals surface area contributed by atoms with E-state index in [1.807, 2.05) is 0 Å². The number of rotatable bonds is 8. The lowest BCUT2D eigenvalue weighted by molar-refractivity contribution is -0.141. The molecule has 106 valence electrons. The van der Waals surface area contributed by atoms with Crippen LogP contribution in [0.2, 0.25) is 0 Å². The summed E-state index contributed by atoms with van der Waals surface area (Å²) in [6, 6.07) is -1.02. The molecule has 2 N–H and O–H groups in total. The van der Waals surface area contributed by atoms with Gasteiger partial charge in [-0.05, 0) is 12.3 Å². The molecule has 0 fully saturated rings. The van der Waals surface area contributed by atoms with Gasteiger partial charge >= 0.3 is 5.97 Å². The Morgan fingerprint density at radius 1 is 1.28 bits per heavy atom. The van der Waals surface area contributed by atoms with E-state index in [-0.39, 0.29) is 18.1 Å². The van der Waals surface area contributed by atoms with Gasteiger partial charge in [-0.15, -0.1) is 0 Å². The van der Waals surface area contributed by atoms with Crippen molar-refractivity contribution < 1.29 is 23.1 Å². The lowest BCUT2D eigenvalue weighted by Crippen LogP contribution is -2.43. The van der Waals surface area contributed by atoms with Gasteiger partial charge in [0.25, 0.3) is 0 Å². The maximum absolute atomic E-state index is 11.6. The van der Waals surface area contributed by atoms with E-state index >= 15 is 0 Å². The molecular formula is C11H21NO5S. The fraction of sp³-hybridized carbons (Fsp3) is 0.818. The van der Waals surface area contributed by atoms with E-state index in [9.17, 15) is 18.0 Å². The number of sulfone groups is 1. The first kappa shape index (κ1) is 16.9. The lowest BCUT2D eigenvalue weighted by Gasteiger charge is -2.14. The van der Waals surface area contributed by atoms with Gasteiger partial charge in [0.2, 0.25) is 5.91 Å². The Kier molecular flexibility index (Phi) is 6.90. The third kappa shape index (κ3) is 7.26. The van der Waals surface area contributed by atoms with Crippen molar-refractivity contribution in [2.75, 3.05) is 11.5 Å². The summed E-state index contributed by atoms with van der Waals surface area (Å²) in [6.07, 6.45) is 0.876. The SMILES string of the molecule is CCCC(NC(=O)CS(=O)(=O)CC(C)C)C(=O)O. The molecule has 1 atom stereocenters. The van der Waals surface area contributed by atoms with E-state index in [1.54, 1.807) is 20.8 Å². The number of hydrogen-bond acceptors (Lipinski definition) is 4. The molecule has 0 aromatic carbocycles. The van der Waals surface area contributed by atoms with Crippen molar-refractivity contribution in [3.63, 3.8) is 0 Å². The predicted molar refractivity (Wildman–Crippen MR) is 68.0 cm³/mol. The van der Waals surface area contributed by atoms with Crippen LogP contribution in [0.1, 0.15) is 33.6 Å². The van der Waals surface area contributed by atoms with Gasteiger partial charge in [-0.2, -0.15) is 0 Å². The highest BCUT2D eigenvalue weighted by Gasteiger charge is 2.23. The molecule has 0 aromatic rings. The Balaban J connectivity index is 4.45. The molecular weight excluding hydrogens is 258 g/mol. The van der Waals surface area contributed by atoms with Crippen molar-refractivity contribution in [3.8, 4) is 0 Å². The minimum Gasteiger partial charge on any atom is -0.480 e. The summed E-state index contributed by atoms with van der Waals surface area (Å²) >= 11 is 0. The number of carboxylic acids is 1. The minimum absolute atomic E-state index is 0.0614. The number of nitrogens with one attached hydrogen (secondary N) is 1. The number of carbonyl (C=O) groups is 2. The lowest BCUT2D eigenvalue weighted by atomic mass is 10.2. The van der Waals surface area contributed by atoms with Crippen LogP contribution in [0, 0.1) is 5.92 Å². The Labute approximate surface area is 108 Å². The molecule has 0 aliphatic heterocycles. The molecule has 1 amide bonds. The smallest absolute Gasteiger partial charge is 0.326 e. The zero-order valence-electron chi connectivity index (χ0n) is 11.0. The van der Waals surface area contributed by atoms with Gasteiger partial charge in [-0.1, -0.05) is 27.2 Å². The first-order valence-corrected chi connectivity index (χ1v) is 7.72. The molecule has 6 nitrogen and oxygen atoms in total. The highest BCUT2D eigenvalue weighted by molar-refractivity contribution is 7.92. The summed E-state index contributed by atoms with van der Waals surface area (Å²) < 4.78 is 23.1. The molecule has 0 heterocycles. The summed E-state index contributed by atoms with van der Waals surface area (Å²) in [5.74, 6) is -2.69. The molecule has 0 aliphatic carbocycles. The predicted octanol–water partition coefficient (Wildman–Crippen LogP) is 0.427. The largest absolute Gasteiger partial charge is 0.480 e. The Bertz CT molecular complexity index is 388. The highest BCUT2D eigenvalue weighted by Crippen LogP contribution is 2.02. The molecule has 0 rings (SSSR count). The average Bonchev–Trinajstić information content (AvgIpc) is 2.13. The van der Waals surface area contributed by atoms with E-state index in [0.717, 1.165) is 0 Å². The average molecular weight is 279 g/mol. The van der Waals surface area contributed by atoms with Crippen molar-refractivity contribution in [1.29, 1.82) is 0 Å². The van der Waals surface area contributed by atoms with Gasteiger partial charge in [0.05, 0.1) is 5.75 Å². The summed E-state index contributed by atoms with van der Waals surface area (Å²) in [5, 5.41) is 11.1. The van der Waals surface area contributed by atoms with Gasteiger partial charge in [0.15, 0.2) is 9.84 Å². The van der Waals surface area contributed by atoms with E-state index in [1.165, 1.54) is 0 Å². The van der Waals surface area contributed by atoms with Crippen LogP contribution >= 0.6 is 0 Å². The molecule has 0 aromatic heterocycles. The Morgan fingerprint density at radius 3 is 2.22 bits per heavy atom. The fourth-order valence-electron chi connectivity index (χ4n) is 1.55. The third-order valence-corrected chi connectivity index (χ3v) is 4.03. The molecule has 0 saturated carbocycles. The number of aliphatic carboxylic acids is 1. The maximum Gasteiger partial charge on any atom is 0.326 e. The topological polar surface area (TPSA) is 101 Å². The van der Waals surface area contributed by atoms with Gasteiger partial charge < -0.3 is 10.4 Å². The number of amides is 1. The van der Waals surface area contributed by atoms with Gasteiger partial charge in [0.1, 0.15) is 11.8 Å². The highest BCUT2D eigenvalue weighted by atomic mass is 32.2. The van der Waals surface area contributed by atoms with Crippen molar-refractivity contribution in [3.05, 3.63) is 0 Å². The van der Waals surface area contributed by atoms with Gasteiger partial charge in [-0.3, -0.25) is 4.79 Å². The summed E-state index contributed by atoms with van der Waals surface area (Å²) in [6.45, 7) is 5.27. The molecule has 1 unspecified atom stereocenters. The van der Waals surface area contributed by atoms with Crippen molar-refractivity contribution in [1.82, 2.24) is 5.32 Å². The second kappa shape index (κ2) is 7.35. The Morgan fingerprint density at radius 2 is 1.83 bits per heavy atom. The van der Waals surface area contributed by atoms with Crippen LogP contribution in [0.25, 0.3) is 0 Å². The molecule has 0 aliphatic rings. The van der Waals surface area contributed by atoms with E-state index in [4.69, 9.17) is 5.11 Å². The molecule has 0 bridgehead atoms. The summed E-state index contributed by atoms with van der Waals surface area (Å²) in [4.78, 5) is 22.3. The van der Waals surface area contributed by atoms with E-state index in [2.05, 4.69) is 5.32 Å². The molecule has 0 saturated heterocycles. The summed E-state index contributed by atoms with van der Waals surface area (Å²) in [5.41, 5.74) is 0.